The Hall–Kier alpha value is -1.63. The predicted octanol–water partition coefficient (Wildman–Crippen LogP) is 4.19. The lowest BCUT2D eigenvalue weighted by atomic mass is 10.3. The first-order valence-corrected chi connectivity index (χ1v) is 5.59. The van der Waals surface area contributed by atoms with Crippen molar-refractivity contribution >= 4 is 27.4 Å². The van der Waals surface area contributed by atoms with Gasteiger partial charge >= 0.3 is 0 Å². The van der Waals surface area contributed by atoms with E-state index < -0.39 is 17.4 Å². The third-order valence-electron chi connectivity index (χ3n) is 1.92. The first-order chi connectivity index (χ1) is 8.32. The van der Waals surface area contributed by atoms with Gasteiger partial charge in [0.1, 0.15) is 17.3 Å². The first kappa shape index (κ1) is 14.4. The van der Waals surface area contributed by atoms with Crippen molar-refractivity contribution in [3.63, 3.8) is 0 Å². The molecule has 18 heavy (non-hydrogen) atoms. The van der Waals surface area contributed by atoms with Gasteiger partial charge < -0.3 is 5.11 Å². The Morgan fingerprint density at radius 1 is 1.28 bits per heavy atom. The molecule has 1 rings (SSSR count). The highest BCUT2D eigenvalue weighted by molar-refractivity contribution is 9.10. The zero-order chi connectivity index (χ0) is 13.9. The van der Waals surface area contributed by atoms with Crippen LogP contribution in [0.5, 0.6) is 0 Å². The number of aliphatic hydroxyl groups is 1. The highest BCUT2D eigenvalue weighted by Gasteiger charge is 2.10. The van der Waals surface area contributed by atoms with Gasteiger partial charge in [-0.3, -0.25) is 4.79 Å². The molecule has 7 heteroatoms. The zero-order valence-corrected chi connectivity index (χ0v) is 11.1. The van der Waals surface area contributed by atoms with Gasteiger partial charge in [0.15, 0.2) is 17.3 Å². The summed E-state index contributed by atoms with van der Waals surface area (Å²) in [6, 6.07) is 1.72. The highest BCUT2D eigenvalue weighted by Crippen LogP contribution is 2.26. The highest BCUT2D eigenvalue weighted by atomic mass is 79.9. The van der Waals surface area contributed by atoms with Gasteiger partial charge in [-0.2, -0.15) is 0 Å². The van der Waals surface area contributed by atoms with Crippen molar-refractivity contribution in [2.45, 2.75) is 13.8 Å². The lowest BCUT2D eigenvalue weighted by Crippen LogP contribution is -1.96. The topological polar surface area (TPSA) is 62.0 Å². The number of carbonyl (C=O) groups excluding carboxylic acids is 1. The maximum absolute atomic E-state index is 13.4. The number of rotatable bonds is 3. The molecule has 0 spiro atoms. The van der Waals surface area contributed by atoms with E-state index in [0.29, 0.717) is 0 Å². The smallest absolute Gasteiger partial charge is 0.183 e. The van der Waals surface area contributed by atoms with Gasteiger partial charge in [0.05, 0.1) is 4.47 Å². The summed E-state index contributed by atoms with van der Waals surface area (Å²) in [5, 5.41) is 16.0. The summed E-state index contributed by atoms with van der Waals surface area (Å²) in [5.74, 6) is -2.38. The Morgan fingerprint density at radius 2 is 1.89 bits per heavy atom. The number of halogens is 3. The molecule has 0 aliphatic rings. The van der Waals surface area contributed by atoms with Gasteiger partial charge in [0.2, 0.25) is 0 Å². The van der Waals surface area contributed by atoms with Crippen LogP contribution in [0.3, 0.4) is 0 Å². The molecule has 1 N–H and O–H groups in total. The van der Waals surface area contributed by atoms with E-state index in [0.717, 1.165) is 12.1 Å². The average molecular weight is 319 g/mol. The van der Waals surface area contributed by atoms with Crippen LogP contribution in [0.4, 0.5) is 14.5 Å². The van der Waals surface area contributed by atoms with Crippen LogP contribution in [0.15, 0.2) is 38.3 Å². The molecule has 0 aliphatic heterocycles. The van der Waals surface area contributed by atoms with Crippen LogP contribution in [0.25, 0.3) is 0 Å². The Kier molecular flexibility index (Phi) is 4.66. The molecule has 1 aromatic rings. The van der Waals surface area contributed by atoms with Crippen LogP contribution >= 0.6 is 15.9 Å². The summed E-state index contributed by atoms with van der Waals surface area (Å²) in [4.78, 5) is 11.1. The van der Waals surface area contributed by atoms with Gasteiger partial charge in [-0.25, -0.2) is 8.78 Å². The van der Waals surface area contributed by atoms with E-state index in [1.807, 2.05) is 0 Å². The largest absolute Gasteiger partial charge is 0.510 e. The average Bonchev–Trinajstić information content (AvgIpc) is 2.24. The number of aliphatic hydroxyl groups excluding tert-OH is 1. The zero-order valence-electron chi connectivity index (χ0n) is 9.54. The van der Waals surface area contributed by atoms with E-state index in [2.05, 4.69) is 26.2 Å². The second-order valence-corrected chi connectivity index (χ2v) is 4.26. The van der Waals surface area contributed by atoms with Gasteiger partial charge in [0.25, 0.3) is 0 Å². The molecule has 0 saturated heterocycles. The van der Waals surface area contributed by atoms with Gasteiger partial charge in [-0.15, -0.1) is 10.2 Å². The Balaban J connectivity index is 3.16. The molecule has 96 valence electrons. The molecular formula is C11H9BrF2N2O2. The van der Waals surface area contributed by atoms with E-state index in [1.54, 1.807) is 0 Å². The van der Waals surface area contributed by atoms with Crippen molar-refractivity contribution in [3.8, 4) is 0 Å². The fraction of sp³-hybridized carbons (Fsp3) is 0.182. The number of nitrogens with zero attached hydrogens (tertiary/aromatic N) is 2. The van der Waals surface area contributed by atoms with Crippen molar-refractivity contribution in [3.05, 3.63) is 39.7 Å². The van der Waals surface area contributed by atoms with Crippen molar-refractivity contribution in [1.82, 2.24) is 0 Å². The van der Waals surface area contributed by atoms with Crippen molar-refractivity contribution in [2.24, 2.45) is 10.2 Å². The number of Topliss-reactive ketones (excluding diaryl/α,β-unsaturated/α-hetero) is 1. The second-order valence-electron chi connectivity index (χ2n) is 3.41. The number of hydrogen-bond acceptors (Lipinski definition) is 4. The minimum absolute atomic E-state index is 0.0420. The normalized spacial score (nSPS) is 12.7. The molecule has 0 aliphatic carbocycles. The molecule has 0 heterocycles. The molecule has 0 radical (unpaired) electrons. The summed E-state index contributed by atoms with van der Waals surface area (Å²) < 4.78 is 26.5. The van der Waals surface area contributed by atoms with Crippen LogP contribution in [0.1, 0.15) is 13.8 Å². The van der Waals surface area contributed by atoms with Gasteiger partial charge in [-0.05, 0) is 28.9 Å². The van der Waals surface area contributed by atoms with Crippen LogP contribution in [0.2, 0.25) is 0 Å². The van der Waals surface area contributed by atoms with Crippen LogP contribution in [-0.4, -0.2) is 10.9 Å². The van der Waals surface area contributed by atoms with Crippen LogP contribution in [-0.2, 0) is 4.79 Å². The van der Waals surface area contributed by atoms with E-state index >= 15 is 0 Å². The number of azo groups is 1. The lowest BCUT2D eigenvalue weighted by molar-refractivity contribution is -0.113. The SMILES string of the molecule is CC(=O)C(N=Nc1cc(F)c(Br)cc1F)=C(C)O. The molecule has 0 atom stereocenters. The number of allylic oxidation sites excluding steroid dienone is 2. The van der Waals surface area contributed by atoms with Crippen molar-refractivity contribution in [1.29, 1.82) is 0 Å². The van der Waals surface area contributed by atoms with E-state index in [9.17, 15) is 13.6 Å². The van der Waals surface area contributed by atoms with Crippen LogP contribution < -0.4 is 0 Å². The number of carbonyl (C=O) groups is 1. The Morgan fingerprint density at radius 3 is 2.39 bits per heavy atom. The Labute approximate surface area is 110 Å². The van der Waals surface area contributed by atoms with E-state index in [-0.39, 0.29) is 21.6 Å². The molecule has 0 fully saturated rings. The molecule has 4 nitrogen and oxygen atoms in total. The third-order valence-corrected chi connectivity index (χ3v) is 2.53. The fourth-order valence-corrected chi connectivity index (χ4v) is 1.41. The van der Waals surface area contributed by atoms with Crippen molar-refractivity contribution < 1.29 is 18.7 Å². The van der Waals surface area contributed by atoms with E-state index in [4.69, 9.17) is 5.11 Å². The molecule has 0 bridgehead atoms. The van der Waals surface area contributed by atoms with Crippen LogP contribution in [0, 0.1) is 11.6 Å². The molecule has 0 amide bonds. The van der Waals surface area contributed by atoms with E-state index in [1.165, 1.54) is 13.8 Å². The predicted molar refractivity (Wildman–Crippen MR) is 64.6 cm³/mol. The summed E-state index contributed by atoms with van der Waals surface area (Å²) in [6.07, 6.45) is 0. The molecule has 0 unspecified atom stereocenters. The van der Waals surface area contributed by atoms with Crippen molar-refractivity contribution in [2.75, 3.05) is 0 Å². The maximum atomic E-state index is 13.4. The Bertz CT molecular complexity index is 552. The third kappa shape index (κ3) is 3.43. The number of hydrogen-bond donors (Lipinski definition) is 1. The summed E-state index contributed by atoms with van der Waals surface area (Å²) in [5.41, 5.74) is -0.673. The standard InChI is InChI=1S/C11H9BrF2N2O2/c1-5(17)11(6(2)18)16-15-10-4-8(13)7(12)3-9(10)14/h3-4,17H,1-2H3. The molecule has 0 aromatic heterocycles. The monoisotopic (exact) mass is 318 g/mol. The number of ketones is 1. The quantitative estimate of drug-likeness (QED) is 0.393. The molecule has 0 saturated carbocycles. The maximum Gasteiger partial charge on any atom is 0.183 e. The minimum Gasteiger partial charge on any atom is -0.510 e. The second kappa shape index (κ2) is 5.81. The molecule has 1 aromatic carbocycles. The number of benzene rings is 1. The minimum atomic E-state index is -0.800. The van der Waals surface area contributed by atoms with Gasteiger partial charge in [0, 0.05) is 13.0 Å². The lowest BCUT2D eigenvalue weighted by Gasteiger charge is -2.00. The molecular weight excluding hydrogens is 310 g/mol. The fourth-order valence-electron chi connectivity index (χ4n) is 1.09. The van der Waals surface area contributed by atoms with Gasteiger partial charge in [-0.1, -0.05) is 0 Å². The summed E-state index contributed by atoms with van der Waals surface area (Å²) in [7, 11) is 0. The first-order valence-electron chi connectivity index (χ1n) is 4.80. The summed E-state index contributed by atoms with van der Waals surface area (Å²) in [6.45, 7) is 2.42. The summed E-state index contributed by atoms with van der Waals surface area (Å²) >= 11 is 2.82.